The minimum absolute atomic E-state index is 0.0212. The van der Waals surface area contributed by atoms with Crippen LogP contribution in [0.1, 0.15) is 38.1 Å². The SMILES string of the molecule is CCCN(CCC)S(=O)(=O)c1ccc(C(O)=C(C#N)c2nc3ccccc3n2C)cc1. The third kappa shape index (κ3) is 4.33. The molecular weight excluding hydrogens is 412 g/mol. The second-order valence-electron chi connectivity index (χ2n) is 7.25. The molecule has 0 aliphatic carbocycles. The van der Waals surface area contributed by atoms with Crippen molar-refractivity contribution < 1.29 is 13.5 Å². The van der Waals surface area contributed by atoms with Gasteiger partial charge in [-0.25, -0.2) is 13.4 Å². The molecule has 2 aromatic carbocycles. The molecule has 1 heterocycles. The van der Waals surface area contributed by atoms with E-state index in [2.05, 4.69) is 4.98 Å². The first-order valence-electron chi connectivity index (χ1n) is 10.2. The van der Waals surface area contributed by atoms with Crippen LogP contribution in [0.3, 0.4) is 0 Å². The van der Waals surface area contributed by atoms with Crippen LogP contribution in [0.4, 0.5) is 0 Å². The van der Waals surface area contributed by atoms with Crippen molar-refractivity contribution in [3.63, 3.8) is 0 Å². The summed E-state index contributed by atoms with van der Waals surface area (Å²) in [6.07, 6.45) is 1.45. The molecule has 0 unspecified atom stereocenters. The van der Waals surface area contributed by atoms with Crippen molar-refractivity contribution in [1.29, 1.82) is 5.26 Å². The van der Waals surface area contributed by atoms with Crippen LogP contribution in [0.25, 0.3) is 22.4 Å². The van der Waals surface area contributed by atoms with Crippen LogP contribution in [0.5, 0.6) is 0 Å². The Morgan fingerprint density at radius 1 is 1.10 bits per heavy atom. The lowest BCUT2D eigenvalue weighted by Crippen LogP contribution is -2.32. The average Bonchev–Trinajstić information content (AvgIpc) is 3.10. The molecule has 0 bridgehead atoms. The average molecular weight is 439 g/mol. The van der Waals surface area contributed by atoms with Crippen LogP contribution < -0.4 is 0 Å². The molecule has 0 saturated carbocycles. The molecule has 3 aromatic rings. The number of para-hydroxylation sites is 2. The van der Waals surface area contributed by atoms with E-state index in [4.69, 9.17) is 0 Å². The number of sulfonamides is 1. The van der Waals surface area contributed by atoms with Gasteiger partial charge in [0, 0.05) is 25.7 Å². The van der Waals surface area contributed by atoms with Gasteiger partial charge < -0.3 is 9.67 Å². The number of hydrogen-bond donors (Lipinski definition) is 1. The van der Waals surface area contributed by atoms with E-state index in [1.165, 1.54) is 28.6 Å². The highest BCUT2D eigenvalue weighted by atomic mass is 32.2. The summed E-state index contributed by atoms with van der Waals surface area (Å²) < 4.78 is 29.1. The Bertz CT molecular complexity index is 1250. The van der Waals surface area contributed by atoms with Crippen LogP contribution >= 0.6 is 0 Å². The lowest BCUT2D eigenvalue weighted by Gasteiger charge is -2.21. The molecular formula is C23H26N4O3S. The van der Waals surface area contributed by atoms with Crippen molar-refractivity contribution in [2.24, 2.45) is 7.05 Å². The fourth-order valence-corrected chi connectivity index (χ4v) is 5.13. The molecule has 0 amide bonds. The van der Waals surface area contributed by atoms with Gasteiger partial charge in [-0.1, -0.05) is 26.0 Å². The molecule has 0 radical (unpaired) electrons. The lowest BCUT2D eigenvalue weighted by atomic mass is 10.1. The van der Waals surface area contributed by atoms with Crippen molar-refractivity contribution in [2.75, 3.05) is 13.1 Å². The molecule has 0 aliphatic heterocycles. The second kappa shape index (κ2) is 9.33. The topological polar surface area (TPSA) is 99.2 Å². The predicted octanol–water partition coefficient (Wildman–Crippen LogP) is 4.33. The lowest BCUT2D eigenvalue weighted by molar-refractivity contribution is 0.410. The van der Waals surface area contributed by atoms with E-state index >= 15 is 0 Å². The number of nitriles is 1. The first kappa shape index (κ1) is 22.5. The van der Waals surface area contributed by atoms with Crippen LogP contribution in [0.15, 0.2) is 53.4 Å². The maximum absolute atomic E-state index is 12.9. The second-order valence-corrected chi connectivity index (χ2v) is 9.18. The van der Waals surface area contributed by atoms with Crippen molar-refractivity contribution in [1.82, 2.24) is 13.9 Å². The summed E-state index contributed by atoms with van der Waals surface area (Å²) in [4.78, 5) is 4.63. The summed E-state index contributed by atoms with van der Waals surface area (Å²) in [6, 6.07) is 15.4. The van der Waals surface area contributed by atoms with E-state index < -0.39 is 10.0 Å². The number of aliphatic hydroxyl groups is 1. The van der Waals surface area contributed by atoms with E-state index in [0.29, 0.717) is 30.0 Å². The minimum Gasteiger partial charge on any atom is -0.506 e. The monoisotopic (exact) mass is 438 g/mol. The summed E-state index contributed by atoms with van der Waals surface area (Å²) in [7, 11) is -1.84. The fraction of sp³-hybridized carbons (Fsp3) is 0.304. The van der Waals surface area contributed by atoms with Crippen molar-refractivity contribution >= 4 is 32.4 Å². The van der Waals surface area contributed by atoms with E-state index in [1.807, 2.05) is 44.2 Å². The molecule has 0 aliphatic rings. The van der Waals surface area contributed by atoms with E-state index in [-0.39, 0.29) is 16.2 Å². The number of nitrogens with zero attached hydrogens (tertiary/aromatic N) is 4. The molecule has 1 N–H and O–H groups in total. The molecule has 162 valence electrons. The zero-order valence-corrected chi connectivity index (χ0v) is 18.7. The van der Waals surface area contributed by atoms with Gasteiger partial charge >= 0.3 is 0 Å². The number of imidazole rings is 1. The highest BCUT2D eigenvalue weighted by Crippen LogP contribution is 2.27. The number of aliphatic hydroxyl groups excluding tert-OH is 1. The molecule has 3 rings (SSSR count). The summed E-state index contributed by atoms with van der Waals surface area (Å²) in [5, 5.41) is 20.5. The smallest absolute Gasteiger partial charge is 0.243 e. The highest BCUT2D eigenvalue weighted by Gasteiger charge is 2.23. The van der Waals surface area contributed by atoms with Gasteiger partial charge in [0.15, 0.2) is 5.82 Å². The van der Waals surface area contributed by atoms with E-state index in [1.54, 1.807) is 11.6 Å². The first-order chi connectivity index (χ1) is 14.8. The number of rotatable bonds is 8. The molecule has 0 atom stereocenters. The Morgan fingerprint density at radius 2 is 1.71 bits per heavy atom. The number of benzene rings is 2. The van der Waals surface area contributed by atoms with Crippen molar-refractivity contribution in [3.8, 4) is 6.07 Å². The summed E-state index contributed by atoms with van der Waals surface area (Å²) in [5.41, 5.74) is 1.92. The molecule has 8 heteroatoms. The molecule has 31 heavy (non-hydrogen) atoms. The molecule has 0 fully saturated rings. The van der Waals surface area contributed by atoms with Crippen molar-refractivity contribution in [3.05, 3.63) is 59.9 Å². The first-order valence-corrected chi connectivity index (χ1v) is 11.6. The van der Waals surface area contributed by atoms with Crippen LogP contribution in [0.2, 0.25) is 0 Å². The molecule has 1 aromatic heterocycles. The highest BCUT2D eigenvalue weighted by molar-refractivity contribution is 7.89. The maximum atomic E-state index is 12.9. The fourth-order valence-electron chi connectivity index (χ4n) is 3.51. The summed E-state index contributed by atoms with van der Waals surface area (Å²) in [6.45, 7) is 4.78. The zero-order chi connectivity index (χ0) is 22.6. The van der Waals surface area contributed by atoms with Crippen LogP contribution in [-0.4, -0.2) is 40.5 Å². The third-order valence-corrected chi connectivity index (χ3v) is 6.98. The van der Waals surface area contributed by atoms with Gasteiger partial charge in [-0.15, -0.1) is 0 Å². The zero-order valence-electron chi connectivity index (χ0n) is 17.9. The largest absolute Gasteiger partial charge is 0.506 e. The molecule has 7 nitrogen and oxygen atoms in total. The van der Waals surface area contributed by atoms with E-state index in [9.17, 15) is 18.8 Å². The van der Waals surface area contributed by atoms with Gasteiger partial charge in [0.2, 0.25) is 10.0 Å². The standard InChI is InChI=1S/C23H26N4O3S/c1-4-14-27(15-5-2)31(29,30)18-12-10-17(11-13-18)22(28)19(16-24)23-25-20-8-6-7-9-21(20)26(23)3/h6-13,28H,4-5,14-15H2,1-3H3. The quantitative estimate of drug-likeness (QED) is 0.417. The summed E-state index contributed by atoms with van der Waals surface area (Å²) in [5.74, 6) is 0.0961. The Kier molecular flexibility index (Phi) is 6.78. The van der Waals surface area contributed by atoms with E-state index in [0.717, 1.165) is 18.4 Å². The third-order valence-electron chi connectivity index (χ3n) is 5.07. The Hall–Kier alpha value is -3.15. The van der Waals surface area contributed by atoms with Gasteiger partial charge in [-0.05, 0) is 49.2 Å². The van der Waals surface area contributed by atoms with Crippen LogP contribution in [-0.2, 0) is 17.1 Å². The number of aryl methyl sites for hydroxylation is 1. The minimum atomic E-state index is -3.62. The van der Waals surface area contributed by atoms with Gasteiger partial charge in [0.05, 0.1) is 15.9 Å². The Balaban J connectivity index is 2.01. The van der Waals surface area contributed by atoms with Gasteiger partial charge in [0.1, 0.15) is 17.4 Å². The number of aromatic nitrogens is 2. The van der Waals surface area contributed by atoms with Gasteiger partial charge in [-0.3, -0.25) is 0 Å². The summed E-state index contributed by atoms with van der Waals surface area (Å²) >= 11 is 0. The number of allylic oxidation sites excluding steroid dienone is 1. The number of fused-ring (bicyclic) bond motifs is 1. The normalized spacial score (nSPS) is 12.7. The molecule has 0 saturated heterocycles. The van der Waals surface area contributed by atoms with Gasteiger partial charge in [-0.2, -0.15) is 9.57 Å². The van der Waals surface area contributed by atoms with Gasteiger partial charge in [0.25, 0.3) is 0 Å². The van der Waals surface area contributed by atoms with Crippen LogP contribution in [0, 0.1) is 11.3 Å². The Morgan fingerprint density at radius 3 is 2.26 bits per heavy atom. The maximum Gasteiger partial charge on any atom is 0.243 e. The number of hydrogen-bond acceptors (Lipinski definition) is 5. The predicted molar refractivity (Wildman–Crippen MR) is 122 cm³/mol. The molecule has 0 spiro atoms. The van der Waals surface area contributed by atoms with Crippen molar-refractivity contribution in [2.45, 2.75) is 31.6 Å². The Labute approximate surface area is 182 Å².